The smallest absolute Gasteiger partial charge is 0.258 e. The van der Waals surface area contributed by atoms with Gasteiger partial charge in [-0.1, -0.05) is 0 Å². The van der Waals surface area contributed by atoms with Crippen LogP contribution in [0.4, 0.5) is 20.2 Å². The average Bonchev–Trinajstić information content (AvgIpc) is 2.56. The second kappa shape index (κ2) is 7.19. The van der Waals surface area contributed by atoms with E-state index in [0.29, 0.717) is 11.8 Å². The molecule has 1 aliphatic rings. The zero-order valence-corrected chi connectivity index (χ0v) is 14.4. The maximum Gasteiger partial charge on any atom is 0.258 e. The van der Waals surface area contributed by atoms with E-state index in [2.05, 4.69) is 22.2 Å². The third kappa shape index (κ3) is 3.96. The molecule has 1 aliphatic heterocycles. The number of hydrogen-bond donors (Lipinski definition) is 1. The highest BCUT2D eigenvalue weighted by Crippen LogP contribution is 2.25. The number of piperazine rings is 1. The van der Waals surface area contributed by atoms with Gasteiger partial charge in [0.1, 0.15) is 11.6 Å². The standard InChI is InChI=1S/C19H21F2N3O/c1-13-11-15(4-6-18(13)24-9-7-23(2)8-10-24)22-19(25)16-5-3-14(20)12-17(16)21/h3-6,11-12H,7-10H2,1-2H3,(H,22,25). The van der Waals surface area contributed by atoms with Gasteiger partial charge in [-0.25, -0.2) is 8.78 Å². The Morgan fingerprint density at radius 1 is 1.04 bits per heavy atom. The van der Waals surface area contributed by atoms with Crippen LogP contribution < -0.4 is 10.2 Å². The molecule has 0 saturated carbocycles. The summed E-state index contributed by atoms with van der Waals surface area (Å²) >= 11 is 0. The Morgan fingerprint density at radius 2 is 1.76 bits per heavy atom. The maximum absolute atomic E-state index is 13.7. The lowest BCUT2D eigenvalue weighted by atomic mass is 10.1. The number of likely N-dealkylation sites (N-methyl/N-ethyl adjacent to an activating group) is 1. The molecule has 3 rings (SSSR count). The van der Waals surface area contributed by atoms with E-state index in [-0.39, 0.29) is 5.56 Å². The summed E-state index contributed by atoms with van der Waals surface area (Å²) in [5.74, 6) is -2.17. The Balaban J connectivity index is 1.73. The normalized spacial score (nSPS) is 15.3. The number of aryl methyl sites for hydroxylation is 1. The monoisotopic (exact) mass is 345 g/mol. The molecule has 0 radical (unpaired) electrons. The molecule has 4 nitrogen and oxygen atoms in total. The van der Waals surface area contributed by atoms with Crippen LogP contribution in [0.3, 0.4) is 0 Å². The van der Waals surface area contributed by atoms with Crippen LogP contribution in [0.1, 0.15) is 15.9 Å². The van der Waals surface area contributed by atoms with Crippen molar-refractivity contribution >= 4 is 17.3 Å². The van der Waals surface area contributed by atoms with Gasteiger partial charge in [0.15, 0.2) is 0 Å². The molecule has 1 N–H and O–H groups in total. The van der Waals surface area contributed by atoms with Gasteiger partial charge in [0.05, 0.1) is 5.56 Å². The van der Waals surface area contributed by atoms with Gasteiger partial charge < -0.3 is 15.1 Å². The van der Waals surface area contributed by atoms with E-state index >= 15 is 0 Å². The molecular weight excluding hydrogens is 324 g/mol. The second-order valence-electron chi connectivity index (χ2n) is 6.37. The third-order valence-corrected chi connectivity index (χ3v) is 4.47. The molecule has 1 saturated heterocycles. The number of carbonyl (C=O) groups excluding carboxylic acids is 1. The first-order valence-electron chi connectivity index (χ1n) is 8.24. The fourth-order valence-electron chi connectivity index (χ4n) is 3.01. The van der Waals surface area contributed by atoms with Crippen LogP contribution >= 0.6 is 0 Å². The molecule has 0 unspecified atom stereocenters. The van der Waals surface area contributed by atoms with Crippen LogP contribution in [0.5, 0.6) is 0 Å². The van der Waals surface area contributed by atoms with Crippen LogP contribution in [-0.2, 0) is 0 Å². The number of amides is 1. The minimum absolute atomic E-state index is 0.179. The minimum Gasteiger partial charge on any atom is -0.369 e. The van der Waals surface area contributed by atoms with Crippen molar-refractivity contribution in [3.63, 3.8) is 0 Å². The number of nitrogens with one attached hydrogen (secondary N) is 1. The van der Waals surface area contributed by atoms with Gasteiger partial charge in [0, 0.05) is 43.6 Å². The van der Waals surface area contributed by atoms with Gasteiger partial charge in [0.25, 0.3) is 5.91 Å². The van der Waals surface area contributed by atoms with Gasteiger partial charge >= 0.3 is 0 Å². The lowest BCUT2D eigenvalue weighted by Crippen LogP contribution is -2.44. The van der Waals surface area contributed by atoms with Crippen LogP contribution in [0, 0.1) is 18.6 Å². The molecule has 1 heterocycles. The summed E-state index contributed by atoms with van der Waals surface area (Å²) in [6.07, 6.45) is 0. The molecule has 0 aliphatic carbocycles. The van der Waals surface area contributed by atoms with E-state index in [1.807, 2.05) is 19.1 Å². The zero-order valence-electron chi connectivity index (χ0n) is 14.4. The van der Waals surface area contributed by atoms with Gasteiger partial charge in [0.2, 0.25) is 0 Å². The van der Waals surface area contributed by atoms with E-state index < -0.39 is 17.5 Å². The second-order valence-corrected chi connectivity index (χ2v) is 6.37. The van der Waals surface area contributed by atoms with E-state index in [4.69, 9.17) is 0 Å². The molecule has 25 heavy (non-hydrogen) atoms. The number of benzene rings is 2. The number of carbonyl (C=O) groups is 1. The summed E-state index contributed by atoms with van der Waals surface area (Å²) in [5.41, 5.74) is 2.59. The summed E-state index contributed by atoms with van der Waals surface area (Å²) in [6, 6.07) is 8.56. The number of halogens is 2. The highest BCUT2D eigenvalue weighted by Gasteiger charge is 2.17. The molecule has 0 spiro atoms. The van der Waals surface area contributed by atoms with Crippen LogP contribution in [0.2, 0.25) is 0 Å². The number of nitrogens with zero attached hydrogens (tertiary/aromatic N) is 2. The average molecular weight is 345 g/mol. The van der Waals surface area contributed by atoms with Crippen LogP contribution in [-0.4, -0.2) is 44.0 Å². The Bertz CT molecular complexity index is 786. The van der Waals surface area contributed by atoms with Gasteiger partial charge in [-0.3, -0.25) is 4.79 Å². The fourth-order valence-corrected chi connectivity index (χ4v) is 3.01. The molecule has 6 heteroatoms. The van der Waals surface area contributed by atoms with Crippen molar-refractivity contribution in [3.05, 3.63) is 59.2 Å². The molecule has 1 amide bonds. The number of hydrogen-bond acceptors (Lipinski definition) is 3. The fraction of sp³-hybridized carbons (Fsp3) is 0.316. The van der Waals surface area contributed by atoms with Crippen molar-refractivity contribution in [2.75, 3.05) is 43.4 Å². The van der Waals surface area contributed by atoms with Crippen molar-refractivity contribution in [2.24, 2.45) is 0 Å². The summed E-state index contributed by atoms with van der Waals surface area (Å²) in [7, 11) is 2.11. The molecule has 132 valence electrons. The maximum atomic E-state index is 13.7. The summed E-state index contributed by atoms with van der Waals surface area (Å²) < 4.78 is 26.7. The molecular formula is C19H21F2N3O. The lowest BCUT2D eigenvalue weighted by Gasteiger charge is -2.35. The first-order valence-corrected chi connectivity index (χ1v) is 8.24. The Hall–Kier alpha value is -2.47. The highest BCUT2D eigenvalue weighted by molar-refractivity contribution is 6.04. The van der Waals surface area contributed by atoms with E-state index in [1.54, 1.807) is 6.07 Å². The van der Waals surface area contributed by atoms with E-state index in [9.17, 15) is 13.6 Å². The van der Waals surface area contributed by atoms with Crippen molar-refractivity contribution in [1.29, 1.82) is 0 Å². The quantitative estimate of drug-likeness (QED) is 0.927. The molecule has 2 aromatic rings. The van der Waals surface area contributed by atoms with Crippen molar-refractivity contribution in [1.82, 2.24) is 4.90 Å². The predicted molar refractivity (Wildman–Crippen MR) is 95.2 cm³/mol. The summed E-state index contributed by atoms with van der Waals surface area (Å²) in [5, 5.41) is 2.67. The Kier molecular flexibility index (Phi) is 4.99. The number of anilines is 2. The van der Waals surface area contributed by atoms with E-state index in [1.165, 1.54) is 0 Å². The molecule has 0 atom stereocenters. The summed E-state index contributed by atoms with van der Waals surface area (Å²) in [6.45, 7) is 5.94. The first kappa shape index (κ1) is 17.4. The molecule has 2 aromatic carbocycles. The zero-order chi connectivity index (χ0) is 18.0. The number of rotatable bonds is 3. The molecule has 1 fully saturated rings. The van der Waals surface area contributed by atoms with Crippen LogP contribution in [0.15, 0.2) is 36.4 Å². The molecule has 0 bridgehead atoms. The van der Waals surface area contributed by atoms with Crippen molar-refractivity contribution in [2.45, 2.75) is 6.92 Å². The van der Waals surface area contributed by atoms with Crippen molar-refractivity contribution in [3.8, 4) is 0 Å². The van der Waals surface area contributed by atoms with Gasteiger partial charge in [-0.2, -0.15) is 0 Å². The summed E-state index contributed by atoms with van der Waals surface area (Å²) in [4.78, 5) is 16.8. The third-order valence-electron chi connectivity index (χ3n) is 4.47. The largest absolute Gasteiger partial charge is 0.369 e. The van der Waals surface area contributed by atoms with Crippen molar-refractivity contribution < 1.29 is 13.6 Å². The minimum atomic E-state index is -0.872. The van der Waals surface area contributed by atoms with Crippen LogP contribution in [0.25, 0.3) is 0 Å². The Labute approximate surface area is 146 Å². The topological polar surface area (TPSA) is 35.6 Å². The molecule has 0 aromatic heterocycles. The van der Waals surface area contributed by atoms with Gasteiger partial charge in [-0.05, 0) is 49.9 Å². The van der Waals surface area contributed by atoms with E-state index in [0.717, 1.165) is 49.6 Å². The SMILES string of the molecule is Cc1cc(NC(=O)c2ccc(F)cc2F)ccc1N1CCN(C)CC1. The first-order chi connectivity index (χ1) is 11.9. The Morgan fingerprint density at radius 3 is 2.40 bits per heavy atom. The lowest BCUT2D eigenvalue weighted by molar-refractivity contribution is 0.102. The predicted octanol–water partition coefficient (Wildman–Crippen LogP) is 3.28. The highest BCUT2D eigenvalue weighted by atomic mass is 19.1. The van der Waals surface area contributed by atoms with Gasteiger partial charge in [-0.15, -0.1) is 0 Å².